The molecule has 134 valence electrons. The van der Waals surface area contributed by atoms with E-state index in [9.17, 15) is 13.2 Å². The minimum Gasteiger partial charge on any atom is -0.326 e. The highest BCUT2D eigenvalue weighted by atomic mass is 32.2. The van der Waals surface area contributed by atoms with E-state index in [0.29, 0.717) is 5.69 Å². The SMILES string of the molecule is CC(=O)Nc1ccc(S(=O)(=O)Nc2cc(-c3ccccc3C)[nH]n2)cc1. The van der Waals surface area contributed by atoms with E-state index in [-0.39, 0.29) is 16.6 Å². The molecule has 0 unspecified atom stereocenters. The minimum atomic E-state index is -3.78. The average molecular weight is 370 g/mol. The second-order valence-corrected chi connectivity index (χ2v) is 7.48. The van der Waals surface area contributed by atoms with Crippen LogP contribution in [0.25, 0.3) is 11.3 Å². The van der Waals surface area contributed by atoms with Crippen LogP contribution in [0, 0.1) is 6.92 Å². The smallest absolute Gasteiger partial charge is 0.263 e. The number of anilines is 2. The number of nitrogens with one attached hydrogen (secondary N) is 3. The van der Waals surface area contributed by atoms with Crippen molar-refractivity contribution >= 4 is 27.4 Å². The van der Waals surface area contributed by atoms with Gasteiger partial charge in [0.05, 0.1) is 10.6 Å². The Morgan fingerprint density at radius 3 is 2.42 bits per heavy atom. The monoisotopic (exact) mass is 370 g/mol. The molecule has 7 nitrogen and oxygen atoms in total. The van der Waals surface area contributed by atoms with Crippen molar-refractivity contribution in [1.29, 1.82) is 0 Å². The average Bonchev–Trinajstić information content (AvgIpc) is 3.02. The summed E-state index contributed by atoms with van der Waals surface area (Å²) in [5, 5.41) is 9.46. The molecule has 1 aromatic heterocycles. The number of hydrogen-bond donors (Lipinski definition) is 3. The molecule has 8 heteroatoms. The van der Waals surface area contributed by atoms with E-state index in [1.807, 2.05) is 31.2 Å². The van der Waals surface area contributed by atoms with Gasteiger partial charge in [-0.2, -0.15) is 5.10 Å². The first-order valence-corrected chi connectivity index (χ1v) is 9.35. The van der Waals surface area contributed by atoms with Crippen LogP contribution in [-0.4, -0.2) is 24.5 Å². The van der Waals surface area contributed by atoms with Gasteiger partial charge < -0.3 is 5.32 Å². The van der Waals surface area contributed by atoms with Gasteiger partial charge in [-0.15, -0.1) is 0 Å². The summed E-state index contributed by atoms with van der Waals surface area (Å²) in [4.78, 5) is 11.1. The van der Waals surface area contributed by atoms with Crippen molar-refractivity contribution in [2.75, 3.05) is 10.0 Å². The fraction of sp³-hybridized carbons (Fsp3) is 0.111. The number of sulfonamides is 1. The first kappa shape index (κ1) is 17.7. The molecule has 1 heterocycles. The highest BCUT2D eigenvalue weighted by Crippen LogP contribution is 2.24. The van der Waals surface area contributed by atoms with Crippen LogP contribution in [0.15, 0.2) is 59.5 Å². The fourth-order valence-electron chi connectivity index (χ4n) is 2.50. The molecular weight excluding hydrogens is 352 g/mol. The van der Waals surface area contributed by atoms with Crippen molar-refractivity contribution in [2.24, 2.45) is 0 Å². The molecule has 0 fully saturated rings. The zero-order valence-corrected chi connectivity index (χ0v) is 15.1. The zero-order chi connectivity index (χ0) is 18.7. The number of hydrogen-bond acceptors (Lipinski definition) is 4. The summed E-state index contributed by atoms with van der Waals surface area (Å²) < 4.78 is 27.4. The quantitative estimate of drug-likeness (QED) is 0.642. The Morgan fingerprint density at radius 2 is 1.77 bits per heavy atom. The predicted octanol–water partition coefficient (Wildman–Crippen LogP) is 3.14. The van der Waals surface area contributed by atoms with Gasteiger partial charge in [-0.1, -0.05) is 24.3 Å². The number of carbonyl (C=O) groups is 1. The Bertz CT molecular complexity index is 1040. The molecule has 0 atom stereocenters. The van der Waals surface area contributed by atoms with Crippen molar-refractivity contribution in [2.45, 2.75) is 18.7 Å². The maximum Gasteiger partial charge on any atom is 0.263 e. The first-order chi connectivity index (χ1) is 12.3. The Morgan fingerprint density at radius 1 is 1.08 bits per heavy atom. The first-order valence-electron chi connectivity index (χ1n) is 7.87. The molecule has 26 heavy (non-hydrogen) atoms. The van der Waals surface area contributed by atoms with Crippen LogP contribution in [0.5, 0.6) is 0 Å². The topological polar surface area (TPSA) is 104 Å². The lowest BCUT2D eigenvalue weighted by molar-refractivity contribution is -0.114. The summed E-state index contributed by atoms with van der Waals surface area (Å²) in [7, 11) is -3.78. The van der Waals surface area contributed by atoms with Gasteiger partial charge in [0, 0.05) is 24.2 Å². The number of H-pyrrole nitrogens is 1. The van der Waals surface area contributed by atoms with E-state index >= 15 is 0 Å². The van der Waals surface area contributed by atoms with Gasteiger partial charge in [0.1, 0.15) is 0 Å². The van der Waals surface area contributed by atoms with Crippen molar-refractivity contribution in [3.8, 4) is 11.3 Å². The second kappa shape index (κ2) is 7.01. The van der Waals surface area contributed by atoms with Crippen LogP contribution in [0.3, 0.4) is 0 Å². The number of benzene rings is 2. The van der Waals surface area contributed by atoms with E-state index in [1.165, 1.54) is 31.2 Å². The van der Waals surface area contributed by atoms with Gasteiger partial charge in [-0.25, -0.2) is 8.42 Å². The summed E-state index contributed by atoms with van der Waals surface area (Å²) in [6.45, 7) is 3.35. The van der Waals surface area contributed by atoms with E-state index in [0.717, 1.165) is 16.8 Å². The van der Waals surface area contributed by atoms with Crippen LogP contribution in [-0.2, 0) is 14.8 Å². The van der Waals surface area contributed by atoms with Crippen LogP contribution in [0.1, 0.15) is 12.5 Å². The molecule has 1 amide bonds. The van der Waals surface area contributed by atoms with Crippen molar-refractivity contribution in [3.05, 3.63) is 60.2 Å². The number of carbonyl (C=O) groups excluding carboxylic acids is 1. The lowest BCUT2D eigenvalue weighted by atomic mass is 10.1. The molecule has 2 aromatic carbocycles. The largest absolute Gasteiger partial charge is 0.326 e. The van der Waals surface area contributed by atoms with E-state index in [4.69, 9.17) is 0 Å². The molecule has 0 spiro atoms. The minimum absolute atomic E-state index is 0.0760. The summed E-state index contributed by atoms with van der Waals surface area (Å²) in [6.07, 6.45) is 0. The van der Waals surface area contributed by atoms with Gasteiger partial charge in [-0.05, 0) is 36.8 Å². The Labute approximate surface area is 151 Å². The van der Waals surface area contributed by atoms with Crippen LogP contribution >= 0.6 is 0 Å². The third kappa shape index (κ3) is 3.92. The van der Waals surface area contributed by atoms with Crippen LogP contribution < -0.4 is 10.0 Å². The maximum absolute atomic E-state index is 12.5. The molecule has 0 bridgehead atoms. The Balaban J connectivity index is 1.80. The number of amides is 1. The summed E-state index contributed by atoms with van der Waals surface area (Å²) >= 11 is 0. The van der Waals surface area contributed by atoms with Crippen LogP contribution in [0.2, 0.25) is 0 Å². The Hall–Kier alpha value is -3.13. The molecule has 0 radical (unpaired) electrons. The summed E-state index contributed by atoms with van der Waals surface area (Å²) in [5.41, 5.74) is 3.25. The molecule has 0 saturated heterocycles. The zero-order valence-electron chi connectivity index (χ0n) is 14.3. The molecule has 0 aliphatic rings. The van der Waals surface area contributed by atoms with Crippen molar-refractivity contribution in [1.82, 2.24) is 10.2 Å². The third-order valence-electron chi connectivity index (χ3n) is 3.74. The number of rotatable bonds is 5. The van der Waals surface area contributed by atoms with Crippen molar-refractivity contribution in [3.63, 3.8) is 0 Å². The van der Waals surface area contributed by atoms with Gasteiger partial charge in [0.2, 0.25) is 5.91 Å². The number of aryl methyl sites for hydroxylation is 1. The number of nitrogens with zero attached hydrogens (tertiary/aromatic N) is 1. The number of aromatic amines is 1. The molecule has 3 aromatic rings. The highest BCUT2D eigenvalue weighted by Gasteiger charge is 2.16. The fourth-order valence-corrected chi connectivity index (χ4v) is 3.50. The Kier molecular flexibility index (Phi) is 4.77. The highest BCUT2D eigenvalue weighted by molar-refractivity contribution is 7.92. The van der Waals surface area contributed by atoms with E-state index in [1.54, 1.807) is 6.07 Å². The molecule has 3 rings (SSSR count). The van der Waals surface area contributed by atoms with Gasteiger partial charge in [-0.3, -0.25) is 14.6 Å². The summed E-state index contributed by atoms with van der Waals surface area (Å²) in [5.74, 6) is -0.0202. The van der Waals surface area contributed by atoms with E-state index in [2.05, 4.69) is 20.2 Å². The van der Waals surface area contributed by atoms with Crippen molar-refractivity contribution < 1.29 is 13.2 Å². The third-order valence-corrected chi connectivity index (χ3v) is 5.11. The normalized spacial score (nSPS) is 11.2. The van der Waals surface area contributed by atoms with Crippen LogP contribution in [0.4, 0.5) is 11.5 Å². The van der Waals surface area contributed by atoms with Gasteiger partial charge in [0.15, 0.2) is 5.82 Å². The van der Waals surface area contributed by atoms with Gasteiger partial charge in [0.25, 0.3) is 10.0 Å². The lowest BCUT2D eigenvalue weighted by Crippen LogP contribution is -2.13. The van der Waals surface area contributed by atoms with E-state index < -0.39 is 10.0 Å². The van der Waals surface area contributed by atoms with Gasteiger partial charge >= 0.3 is 0 Å². The standard InChI is InChI=1S/C18H18N4O3S/c1-12-5-3-4-6-16(12)17-11-18(21-20-17)22-26(24,25)15-9-7-14(8-10-15)19-13(2)23/h3-11H,1-2H3,(H,19,23)(H2,20,21,22). The second-order valence-electron chi connectivity index (χ2n) is 5.79. The number of aromatic nitrogens is 2. The molecule has 0 saturated carbocycles. The predicted molar refractivity (Wildman–Crippen MR) is 100 cm³/mol. The molecular formula is C18H18N4O3S. The molecule has 0 aliphatic heterocycles. The lowest BCUT2D eigenvalue weighted by Gasteiger charge is -2.07. The maximum atomic E-state index is 12.5. The summed E-state index contributed by atoms with van der Waals surface area (Å²) in [6, 6.07) is 15.3. The molecule has 3 N–H and O–H groups in total. The molecule has 0 aliphatic carbocycles.